The summed E-state index contributed by atoms with van der Waals surface area (Å²) < 4.78 is 10.4. The summed E-state index contributed by atoms with van der Waals surface area (Å²) in [5.74, 6) is 0. The predicted octanol–water partition coefficient (Wildman–Crippen LogP) is -0.271. The third kappa shape index (κ3) is 3.60. The lowest BCUT2D eigenvalue weighted by Crippen LogP contribution is -2.50. The molecule has 0 saturated carbocycles. The number of hydrogen-bond acceptors (Lipinski definition) is 4. The molecule has 0 aromatic carbocycles. The average molecular weight is 188 g/mol. The number of nitrogens with two attached hydrogens (primary N) is 1. The molecule has 1 aliphatic heterocycles. The van der Waals surface area contributed by atoms with Crippen LogP contribution < -0.4 is 11.1 Å². The van der Waals surface area contributed by atoms with Gasteiger partial charge in [0.15, 0.2) is 0 Å². The van der Waals surface area contributed by atoms with Crippen LogP contribution in [-0.4, -0.2) is 45.1 Å². The summed E-state index contributed by atoms with van der Waals surface area (Å²) in [4.78, 5) is 0. The molecule has 0 bridgehead atoms. The molecule has 1 fully saturated rings. The Bertz CT molecular complexity index is 147. The summed E-state index contributed by atoms with van der Waals surface area (Å²) >= 11 is 0. The van der Waals surface area contributed by atoms with Gasteiger partial charge in [-0.1, -0.05) is 0 Å². The SMILES string of the molecule is COC(C)CNCC1(N)CCOC1. The van der Waals surface area contributed by atoms with E-state index in [9.17, 15) is 0 Å². The van der Waals surface area contributed by atoms with Crippen molar-refractivity contribution in [3.05, 3.63) is 0 Å². The Morgan fingerprint density at radius 3 is 3.00 bits per heavy atom. The van der Waals surface area contributed by atoms with Crippen molar-refractivity contribution >= 4 is 0 Å². The molecule has 0 radical (unpaired) electrons. The zero-order chi connectivity index (χ0) is 9.73. The van der Waals surface area contributed by atoms with Crippen LogP contribution in [0.3, 0.4) is 0 Å². The summed E-state index contributed by atoms with van der Waals surface area (Å²) in [6, 6.07) is 0. The number of methoxy groups -OCH3 is 1. The van der Waals surface area contributed by atoms with Crippen LogP contribution in [-0.2, 0) is 9.47 Å². The van der Waals surface area contributed by atoms with E-state index in [1.54, 1.807) is 7.11 Å². The molecule has 1 heterocycles. The Kier molecular flexibility index (Phi) is 4.12. The minimum absolute atomic E-state index is 0.159. The van der Waals surface area contributed by atoms with E-state index in [4.69, 9.17) is 15.2 Å². The van der Waals surface area contributed by atoms with Crippen molar-refractivity contribution in [3.63, 3.8) is 0 Å². The molecule has 4 heteroatoms. The van der Waals surface area contributed by atoms with E-state index in [2.05, 4.69) is 5.32 Å². The highest BCUT2D eigenvalue weighted by Gasteiger charge is 2.29. The molecule has 0 aromatic heterocycles. The molecule has 4 nitrogen and oxygen atoms in total. The fourth-order valence-corrected chi connectivity index (χ4v) is 1.37. The highest BCUT2D eigenvalue weighted by atomic mass is 16.5. The standard InChI is InChI=1S/C9H20N2O2/c1-8(12-2)5-11-6-9(10)3-4-13-7-9/h8,11H,3-7,10H2,1-2H3. The molecule has 0 aromatic rings. The minimum atomic E-state index is -0.159. The van der Waals surface area contributed by atoms with Gasteiger partial charge in [0.2, 0.25) is 0 Å². The fraction of sp³-hybridized carbons (Fsp3) is 1.00. The summed E-state index contributed by atoms with van der Waals surface area (Å²) in [5.41, 5.74) is 5.90. The maximum atomic E-state index is 6.06. The molecule has 3 N–H and O–H groups in total. The first-order valence-corrected chi connectivity index (χ1v) is 4.76. The van der Waals surface area contributed by atoms with Gasteiger partial charge in [-0.15, -0.1) is 0 Å². The lowest BCUT2D eigenvalue weighted by atomic mass is 10.0. The molecule has 2 atom stereocenters. The molecule has 2 unspecified atom stereocenters. The van der Waals surface area contributed by atoms with Gasteiger partial charge >= 0.3 is 0 Å². The van der Waals surface area contributed by atoms with E-state index < -0.39 is 0 Å². The molecular weight excluding hydrogens is 168 g/mol. The van der Waals surface area contributed by atoms with Gasteiger partial charge in [-0.05, 0) is 13.3 Å². The number of rotatable bonds is 5. The highest BCUT2D eigenvalue weighted by molar-refractivity contribution is 4.90. The van der Waals surface area contributed by atoms with Gasteiger partial charge in [0, 0.05) is 26.8 Å². The monoisotopic (exact) mass is 188 g/mol. The number of hydrogen-bond donors (Lipinski definition) is 2. The second kappa shape index (κ2) is 4.91. The van der Waals surface area contributed by atoms with Crippen molar-refractivity contribution in [1.29, 1.82) is 0 Å². The van der Waals surface area contributed by atoms with Crippen LogP contribution in [0.1, 0.15) is 13.3 Å². The van der Waals surface area contributed by atoms with Gasteiger partial charge in [0.25, 0.3) is 0 Å². The van der Waals surface area contributed by atoms with E-state index >= 15 is 0 Å². The molecule has 0 spiro atoms. The third-order valence-electron chi connectivity index (χ3n) is 2.45. The van der Waals surface area contributed by atoms with Gasteiger partial charge in [0.1, 0.15) is 0 Å². The number of nitrogens with one attached hydrogen (secondary N) is 1. The topological polar surface area (TPSA) is 56.5 Å². The number of ether oxygens (including phenoxy) is 2. The van der Waals surface area contributed by atoms with E-state index in [1.165, 1.54) is 0 Å². The Morgan fingerprint density at radius 1 is 1.69 bits per heavy atom. The van der Waals surface area contributed by atoms with Crippen molar-refractivity contribution in [1.82, 2.24) is 5.32 Å². The zero-order valence-electron chi connectivity index (χ0n) is 8.51. The largest absolute Gasteiger partial charge is 0.380 e. The van der Waals surface area contributed by atoms with Crippen LogP contribution in [0.25, 0.3) is 0 Å². The smallest absolute Gasteiger partial charge is 0.0667 e. The highest BCUT2D eigenvalue weighted by Crippen LogP contribution is 2.13. The molecular formula is C9H20N2O2. The van der Waals surface area contributed by atoms with Gasteiger partial charge in [-0.25, -0.2) is 0 Å². The van der Waals surface area contributed by atoms with E-state index in [0.717, 1.165) is 26.1 Å². The van der Waals surface area contributed by atoms with Crippen LogP contribution in [0.15, 0.2) is 0 Å². The average Bonchev–Trinajstić information content (AvgIpc) is 2.52. The van der Waals surface area contributed by atoms with Crippen molar-refractivity contribution < 1.29 is 9.47 Å². The Labute approximate surface area is 79.8 Å². The second-order valence-electron chi connectivity index (χ2n) is 3.84. The van der Waals surface area contributed by atoms with E-state index in [0.29, 0.717) is 6.61 Å². The van der Waals surface area contributed by atoms with E-state index in [-0.39, 0.29) is 11.6 Å². The third-order valence-corrected chi connectivity index (χ3v) is 2.45. The lowest BCUT2D eigenvalue weighted by molar-refractivity contribution is 0.114. The van der Waals surface area contributed by atoms with Gasteiger partial charge in [0.05, 0.1) is 18.2 Å². The van der Waals surface area contributed by atoms with Crippen LogP contribution in [0.5, 0.6) is 0 Å². The Morgan fingerprint density at radius 2 is 2.46 bits per heavy atom. The van der Waals surface area contributed by atoms with Gasteiger partial charge in [-0.2, -0.15) is 0 Å². The van der Waals surface area contributed by atoms with Crippen molar-refractivity contribution in [2.75, 3.05) is 33.4 Å². The summed E-state index contributed by atoms with van der Waals surface area (Å²) in [5, 5.41) is 3.29. The molecule has 0 amide bonds. The first-order chi connectivity index (χ1) is 6.16. The van der Waals surface area contributed by atoms with Gasteiger partial charge in [-0.3, -0.25) is 0 Å². The van der Waals surface area contributed by atoms with Crippen LogP contribution in [0.4, 0.5) is 0 Å². The predicted molar refractivity (Wildman–Crippen MR) is 51.7 cm³/mol. The summed E-state index contributed by atoms with van der Waals surface area (Å²) in [6.07, 6.45) is 1.19. The minimum Gasteiger partial charge on any atom is -0.380 e. The molecule has 1 aliphatic rings. The Hall–Kier alpha value is -0.160. The molecule has 78 valence electrons. The molecule has 1 rings (SSSR count). The molecule has 13 heavy (non-hydrogen) atoms. The van der Waals surface area contributed by atoms with Crippen LogP contribution >= 0.6 is 0 Å². The molecule has 1 saturated heterocycles. The van der Waals surface area contributed by atoms with Crippen molar-refractivity contribution in [3.8, 4) is 0 Å². The lowest BCUT2D eigenvalue weighted by Gasteiger charge is -2.23. The van der Waals surface area contributed by atoms with E-state index in [1.807, 2.05) is 6.92 Å². The van der Waals surface area contributed by atoms with Crippen molar-refractivity contribution in [2.24, 2.45) is 5.73 Å². The molecule has 0 aliphatic carbocycles. The van der Waals surface area contributed by atoms with Gasteiger partial charge < -0.3 is 20.5 Å². The maximum absolute atomic E-state index is 6.06. The normalized spacial score (nSPS) is 30.7. The van der Waals surface area contributed by atoms with Crippen LogP contribution in [0, 0.1) is 0 Å². The maximum Gasteiger partial charge on any atom is 0.0667 e. The zero-order valence-corrected chi connectivity index (χ0v) is 8.51. The van der Waals surface area contributed by atoms with Crippen LogP contribution in [0.2, 0.25) is 0 Å². The van der Waals surface area contributed by atoms with Crippen molar-refractivity contribution in [2.45, 2.75) is 25.0 Å². The summed E-state index contributed by atoms with van der Waals surface area (Å²) in [6.45, 7) is 5.14. The fourth-order valence-electron chi connectivity index (χ4n) is 1.37. The second-order valence-corrected chi connectivity index (χ2v) is 3.84. The Balaban J connectivity index is 2.11. The summed E-state index contributed by atoms with van der Waals surface area (Å²) in [7, 11) is 1.71. The first kappa shape index (κ1) is 10.9. The quantitative estimate of drug-likeness (QED) is 0.623. The first-order valence-electron chi connectivity index (χ1n) is 4.76.